The van der Waals surface area contributed by atoms with Crippen LogP contribution in [0, 0.1) is 5.92 Å². The highest BCUT2D eigenvalue weighted by molar-refractivity contribution is 5.76. The summed E-state index contributed by atoms with van der Waals surface area (Å²) in [6.07, 6.45) is 0.273. The van der Waals surface area contributed by atoms with Crippen LogP contribution in [-0.2, 0) is 24.8 Å². The Labute approximate surface area is 120 Å². The molecule has 2 N–H and O–H groups in total. The standard InChI is InChI=1S/C14H25N3O3/c1-6-11-10(14(20-5)17(4)16-11)8-15-13(19)7-12(18)9(2)3/h9,12,18H,6-8H2,1-5H3,(H,15,19). The first-order valence-corrected chi connectivity index (χ1v) is 6.94. The highest BCUT2D eigenvalue weighted by atomic mass is 16.5. The fourth-order valence-electron chi connectivity index (χ4n) is 2.01. The molecular formula is C14H25N3O3. The number of rotatable bonds is 7. The number of aliphatic hydroxyl groups excluding tert-OH is 1. The molecular weight excluding hydrogens is 258 g/mol. The summed E-state index contributed by atoms with van der Waals surface area (Å²) in [5.41, 5.74) is 1.80. The molecule has 0 spiro atoms. The zero-order valence-corrected chi connectivity index (χ0v) is 12.9. The summed E-state index contributed by atoms with van der Waals surface area (Å²) >= 11 is 0. The normalized spacial score (nSPS) is 12.6. The number of amides is 1. The van der Waals surface area contributed by atoms with E-state index >= 15 is 0 Å². The number of methoxy groups -OCH3 is 1. The molecule has 0 aliphatic carbocycles. The average molecular weight is 283 g/mol. The van der Waals surface area contributed by atoms with Crippen molar-refractivity contribution in [2.24, 2.45) is 13.0 Å². The SMILES string of the molecule is CCc1nn(C)c(OC)c1CNC(=O)CC(O)C(C)C. The Bertz CT molecular complexity index is 455. The Kier molecular flexibility index (Phi) is 6.01. The van der Waals surface area contributed by atoms with Crippen molar-refractivity contribution in [2.75, 3.05) is 7.11 Å². The highest BCUT2D eigenvalue weighted by Gasteiger charge is 2.18. The number of aromatic nitrogens is 2. The van der Waals surface area contributed by atoms with Crippen molar-refractivity contribution in [3.63, 3.8) is 0 Å². The van der Waals surface area contributed by atoms with Crippen LogP contribution in [0.2, 0.25) is 0 Å². The number of nitrogens with zero attached hydrogens (tertiary/aromatic N) is 2. The fourth-order valence-corrected chi connectivity index (χ4v) is 2.01. The Morgan fingerprint density at radius 3 is 2.65 bits per heavy atom. The van der Waals surface area contributed by atoms with Crippen LogP contribution in [0.15, 0.2) is 0 Å². The van der Waals surface area contributed by atoms with Crippen molar-refractivity contribution < 1.29 is 14.6 Å². The van der Waals surface area contributed by atoms with Gasteiger partial charge in [-0.3, -0.25) is 4.79 Å². The summed E-state index contributed by atoms with van der Waals surface area (Å²) in [5.74, 6) is 0.561. The van der Waals surface area contributed by atoms with Gasteiger partial charge in [-0.15, -0.1) is 0 Å². The van der Waals surface area contributed by atoms with E-state index in [9.17, 15) is 9.90 Å². The number of aliphatic hydroxyl groups is 1. The van der Waals surface area contributed by atoms with Gasteiger partial charge in [-0.25, -0.2) is 4.68 Å². The van der Waals surface area contributed by atoms with E-state index in [1.807, 2.05) is 27.8 Å². The van der Waals surface area contributed by atoms with Gasteiger partial charge in [0.25, 0.3) is 0 Å². The second-order valence-electron chi connectivity index (χ2n) is 5.20. The summed E-state index contributed by atoms with van der Waals surface area (Å²) in [6.45, 7) is 6.15. The molecule has 1 aromatic rings. The predicted molar refractivity (Wildman–Crippen MR) is 76.4 cm³/mol. The molecule has 6 nitrogen and oxygen atoms in total. The van der Waals surface area contributed by atoms with Crippen LogP contribution < -0.4 is 10.1 Å². The zero-order valence-electron chi connectivity index (χ0n) is 12.9. The molecule has 1 unspecified atom stereocenters. The third-order valence-corrected chi connectivity index (χ3v) is 3.33. The van der Waals surface area contributed by atoms with Crippen molar-refractivity contribution in [1.29, 1.82) is 0 Å². The molecule has 0 bridgehead atoms. The van der Waals surface area contributed by atoms with Gasteiger partial charge in [0.1, 0.15) is 0 Å². The second-order valence-corrected chi connectivity index (χ2v) is 5.20. The van der Waals surface area contributed by atoms with Crippen LogP contribution in [0.5, 0.6) is 5.88 Å². The molecule has 0 aliphatic rings. The molecule has 1 atom stereocenters. The summed E-state index contributed by atoms with van der Waals surface area (Å²) < 4.78 is 6.98. The number of ether oxygens (including phenoxy) is 1. The van der Waals surface area contributed by atoms with Crippen molar-refractivity contribution in [3.05, 3.63) is 11.3 Å². The van der Waals surface area contributed by atoms with Gasteiger partial charge in [-0.2, -0.15) is 5.10 Å². The van der Waals surface area contributed by atoms with Gasteiger partial charge >= 0.3 is 0 Å². The fraction of sp³-hybridized carbons (Fsp3) is 0.714. The molecule has 0 fully saturated rings. The Balaban J connectivity index is 2.67. The Hall–Kier alpha value is -1.56. The first-order valence-electron chi connectivity index (χ1n) is 6.94. The van der Waals surface area contributed by atoms with Gasteiger partial charge in [-0.05, 0) is 12.3 Å². The molecule has 0 saturated heterocycles. The predicted octanol–water partition coefficient (Wildman–Crippen LogP) is 1.01. The molecule has 1 heterocycles. The van der Waals surface area contributed by atoms with Crippen LogP contribution in [-0.4, -0.2) is 34.0 Å². The Morgan fingerprint density at radius 2 is 2.15 bits per heavy atom. The van der Waals surface area contributed by atoms with Gasteiger partial charge < -0.3 is 15.2 Å². The highest BCUT2D eigenvalue weighted by Crippen LogP contribution is 2.21. The lowest BCUT2D eigenvalue weighted by atomic mass is 10.0. The number of carbonyl (C=O) groups excluding carboxylic acids is 1. The number of aryl methyl sites for hydroxylation is 2. The number of carbonyl (C=O) groups is 1. The lowest BCUT2D eigenvalue weighted by molar-refractivity contribution is -0.123. The van der Waals surface area contributed by atoms with E-state index in [-0.39, 0.29) is 18.2 Å². The van der Waals surface area contributed by atoms with Crippen molar-refractivity contribution in [3.8, 4) is 5.88 Å². The van der Waals surface area contributed by atoms with E-state index in [1.165, 1.54) is 0 Å². The molecule has 1 aromatic heterocycles. The minimum absolute atomic E-state index is 0.0693. The minimum Gasteiger partial charge on any atom is -0.481 e. The lowest BCUT2D eigenvalue weighted by Gasteiger charge is -2.14. The molecule has 1 rings (SSSR count). The summed E-state index contributed by atoms with van der Waals surface area (Å²) in [6, 6.07) is 0. The van der Waals surface area contributed by atoms with E-state index in [0.717, 1.165) is 17.7 Å². The Morgan fingerprint density at radius 1 is 1.50 bits per heavy atom. The van der Waals surface area contributed by atoms with Crippen molar-refractivity contribution >= 4 is 5.91 Å². The largest absolute Gasteiger partial charge is 0.481 e. The maximum Gasteiger partial charge on any atom is 0.222 e. The topological polar surface area (TPSA) is 76.4 Å². The van der Waals surface area contributed by atoms with E-state index < -0.39 is 6.10 Å². The van der Waals surface area contributed by atoms with E-state index in [2.05, 4.69) is 10.4 Å². The molecule has 0 aliphatic heterocycles. The first-order chi connectivity index (χ1) is 9.40. The molecule has 0 saturated carbocycles. The maximum atomic E-state index is 11.8. The van der Waals surface area contributed by atoms with Gasteiger partial charge in [0.05, 0.1) is 30.9 Å². The van der Waals surface area contributed by atoms with Gasteiger partial charge in [0, 0.05) is 13.6 Å². The van der Waals surface area contributed by atoms with Crippen LogP contribution >= 0.6 is 0 Å². The molecule has 114 valence electrons. The van der Waals surface area contributed by atoms with Gasteiger partial charge in [0.2, 0.25) is 11.8 Å². The first kappa shape index (κ1) is 16.5. The maximum absolute atomic E-state index is 11.8. The van der Waals surface area contributed by atoms with E-state index in [4.69, 9.17) is 4.74 Å². The van der Waals surface area contributed by atoms with Crippen molar-refractivity contribution in [1.82, 2.24) is 15.1 Å². The molecule has 20 heavy (non-hydrogen) atoms. The van der Waals surface area contributed by atoms with Crippen molar-refractivity contribution in [2.45, 2.75) is 46.3 Å². The summed E-state index contributed by atoms with van der Waals surface area (Å²) in [7, 11) is 3.40. The quantitative estimate of drug-likeness (QED) is 0.783. The van der Waals surface area contributed by atoms with Crippen LogP contribution in [0.25, 0.3) is 0 Å². The number of hydrogen-bond acceptors (Lipinski definition) is 4. The van der Waals surface area contributed by atoms with Crippen LogP contribution in [0.1, 0.15) is 38.4 Å². The lowest BCUT2D eigenvalue weighted by Crippen LogP contribution is -2.29. The number of hydrogen-bond donors (Lipinski definition) is 2. The average Bonchev–Trinajstić information content (AvgIpc) is 2.71. The smallest absolute Gasteiger partial charge is 0.222 e. The van der Waals surface area contributed by atoms with Gasteiger partial charge in [-0.1, -0.05) is 20.8 Å². The second kappa shape index (κ2) is 7.28. The van der Waals surface area contributed by atoms with Crippen LogP contribution in [0.3, 0.4) is 0 Å². The van der Waals surface area contributed by atoms with E-state index in [0.29, 0.717) is 12.4 Å². The zero-order chi connectivity index (χ0) is 15.3. The third-order valence-electron chi connectivity index (χ3n) is 3.33. The summed E-state index contributed by atoms with van der Waals surface area (Å²) in [5, 5.41) is 16.9. The molecule has 0 radical (unpaired) electrons. The monoisotopic (exact) mass is 283 g/mol. The minimum atomic E-state index is -0.614. The summed E-state index contributed by atoms with van der Waals surface area (Å²) in [4.78, 5) is 11.8. The van der Waals surface area contributed by atoms with E-state index in [1.54, 1.807) is 11.8 Å². The molecule has 6 heteroatoms. The molecule has 1 amide bonds. The third kappa shape index (κ3) is 3.96. The number of nitrogens with one attached hydrogen (secondary N) is 1. The molecule has 0 aromatic carbocycles. The van der Waals surface area contributed by atoms with Gasteiger partial charge in [0.15, 0.2) is 0 Å². The van der Waals surface area contributed by atoms with Crippen LogP contribution in [0.4, 0.5) is 0 Å².